The molecule has 2 aromatic carbocycles. The van der Waals surface area contributed by atoms with Crippen LogP contribution in [0.15, 0.2) is 48.5 Å². The van der Waals surface area contributed by atoms with Crippen molar-refractivity contribution in [1.82, 2.24) is 14.7 Å². The van der Waals surface area contributed by atoms with E-state index in [1.54, 1.807) is 35.7 Å². The van der Waals surface area contributed by atoms with Crippen molar-refractivity contribution in [2.45, 2.75) is 20.0 Å². The summed E-state index contributed by atoms with van der Waals surface area (Å²) >= 11 is 6.48. The van der Waals surface area contributed by atoms with Gasteiger partial charge in [-0.1, -0.05) is 35.9 Å². The Hall–Kier alpha value is -2.86. The number of halogens is 2. The Morgan fingerprint density at radius 1 is 1.03 bits per heavy atom. The van der Waals surface area contributed by atoms with Crippen molar-refractivity contribution in [3.63, 3.8) is 0 Å². The Morgan fingerprint density at radius 3 is 2.21 bits per heavy atom. The average Bonchev–Trinajstić information content (AvgIpc) is 2.96. The van der Waals surface area contributed by atoms with Crippen LogP contribution in [0.1, 0.15) is 27.2 Å². The maximum atomic E-state index is 13.1. The van der Waals surface area contributed by atoms with Crippen LogP contribution < -0.4 is 4.90 Å². The average molecular weight is 415 g/mol. The van der Waals surface area contributed by atoms with E-state index in [0.29, 0.717) is 24.3 Å². The summed E-state index contributed by atoms with van der Waals surface area (Å²) in [6.07, 6.45) is 0. The molecule has 0 radical (unpaired) electrons. The molecule has 0 fully saturated rings. The van der Waals surface area contributed by atoms with E-state index < -0.39 is 0 Å². The van der Waals surface area contributed by atoms with E-state index in [9.17, 15) is 9.18 Å². The fourth-order valence-corrected chi connectivity index (χ4v) is 3.41. The molecule has 0 saturated carbocycles. The number of aromatic nitrogens is 2. The number of carbonyl (C=O) groups is 1. The highest BCUT2D eigenvalue weighted by atomic mass is 35.5. The van der Waals surface area contributed by atoms with Crippen molar-refractivity contribution in [3.05, 3.63) is 81.9 Å². The lowest BCUT2D eigenvalue weighted by atomic mass is 10.1. The zero-order valence-corrected chi connectivity index (χ0v) is 17.7. The Kier molecular flexibility index (Phi) is 6.23. The van der Waals surface area contributed by atoms with Gasteiger partial charge in [0.1, 0.15) is 11.0 Å². The summed E-state index contributed by atoms with van der Waals surface area (Å²) in [6.45, 7) is 2.59. The lowest BCUT2D eigenvalue weighted by Gasteiger charge is -2.18. The summed E-state index contributed by atoms with van der Waals surface area (Å²) in [5, 5.41) is 4.69. The van der Waals surface area contributed by atoms with Crippen LogP contribution in [0, 0.1) is 12.7 Å². The fourth-order valence-electron chi connectivity index (χ4n) is 3.10. The highest BCUT2D eigenvalue weighted by molar-refractivity contribution is 6.33. The van der Waals surface area contributed by atoms with Crippen molar-refractivity contribution >= 4 is 23.2 Å². The first kappa shape index (κ1) is 20.9. The zero-order chi connectivity index (χ0) is 21.1. The van der Waals surface area contributed by atoms with Gasteiger partial charge in [-0.25, -0.2) is 9.07 Å². The minimum absolute atomic E-state index is 0.186. The molecule has 0 N–H and O–H groups in total. The minimum Gasteiger partial charge on any atom is -0.378 e. The molecule has 3 rings (SSSR count). The zero-order valence-electron chi connectivity index (χ0n) is 17.0. The number of hydrogen-bond acceptors (Lipinski definition) is 3. The highest BCUT2D eigenvalue weighted by Gasteiger charge is 2.23. The van der Waals surface area contributed by atoms with Gasteiger partial charge in [-0.3, -0.25) is 4.79 Å². The lowest BCUT2D eigenvalue weighted by molar-refractivity contribution is 0.0784. The predicted molar refractivity (Wildman–Crippen MR) is 114 cm³/mol. The number of benzene rings is 2. The molecule has 1 heterocycles. The van der Waals surface area contributed by atoms with Crippen molar-refractivity contribution < 1.29 is 9.18 Å². The third kappa shape index (κ3) is 4.77. The highest BCUT2D eigenvalue weighted by Crippen LogP contribution is 2.23. The van der Waals surface area contributed by atoms with E-state index in [-0.39, 0.29) is 16.9 Å². The first-order valence-corrected chi connectivity index (χ1v) is 9.63. The van der Waals surface area contributed by atoms with E-state index in [1.165, 1.54) is 12.1 Å². The smallest absolute Gasteiger partial charge is 0.258 e. The summed E-state index contributed by atoms with van der Waals surface area (Å²) in [7, 11) is 5.72. The van der Waals surface area contributed by atoms with Crippen LogP contribution in [-0.4, -0.2) is 41.7 Å². The standard InChI is InChI=1S/C22H24ClFN4O/c1-15-20(21(23)28(25-15)14-17-5-9-18(24)10-6-17)22(29)27(4)13-16-7-11-19(12-8-16)26(2)3/h5-12H,13-14H2,1-4H3. The van der Waals surface area contributed by atoms with Gasteiger partial charge in [0.2, 0.25) is 0 Å². The molecule has 0 atom stereocenters. The summed E-state index contributed by atoms with van der Waals surface area (Å²) in [4.78, 5) is 16.7. The number of hydrogen-bond donors (Lipinski definition) is 0. The number of anilines is 1. The second-order valence-corrected chi connectivity index (χ2v) is 7.62. The van der Waals surface area contributed by atoms with E-state index >= 15 is 0 Å². The van der Waals surface area contributed by atoms with Gasteiger partial charge in [-0.2, -0.15) is 5.10 Å². The molecule has 0 aliphatic rings. The largest absolute Gasteiger partial charge is 0.378 e. The molecule has 0 aliphatic heterocycles. The number of nitrogens with zero attached hydrogens (tertiary/aromatic N) is 4. The third-order valence-corrected chi connectivity index (χ3v) is 5.13. The summed E-state index contributed by atoms with van der Waals surface area (Å²) in [5.74, 6) is -0.484. The lowest BCUT2D eigenvalue weighted by Crippen LogP contribution is -2.26. The van der Waals surface area contributed by atoms with E-state index in [0.717, 1.165) is 16.8 Å². The molecular weight excluding hydrogens is 391 g/mol. The van der Waals surface area contributed by atoms with Crippen LogP contribution in [0.3, 0.4) is 0 Å². The van der Waals surface area contributed by atoms with Gasteiger partial charge in [0, 0.05) is 33.4 Å². The Balaban J connectivity index is 1.76. The van der Waals surface area contributed by atoms with Gasteiger partial charge >= 0.3 is 0 Å². The SMILES string of the molecule is Cc1nn(Cc2ccc(F)cc2)c(Cl)c1C(=O)N(C)Cc1ccc(N(C)C)cc1. The number of amides is 1. The Morgan fingerprint density at radius 2 is 1.62 bits per heavy atom. The van der Waals surface area contributed by atoms with Crippen LogP contribution in [0.5, 0.6) is 0 Å². The summed E-state index contributed by atoms with van der Waals surface area (Å²) in [5.41, 5.74) is 3.94. The maximum absolute atomic E-state index is 13.1. The molecule has 0 spiro atoms. The van der Waals surface area contributed by atoms with Crippen LogP contribution in [0.2, 0.25) is 5.15 Å². The Labute approximate surface area is 175 Å². The molecule has 7 heteroatoms. The van der Waals surface area contributed by atoms with Gasteiger partial charge < -0.3 is 9.80 Å². The minimum atomic E-state index is -0.299. The molecule has 0 aliphatic carbocycles. The molecule has 3 aromatic rings. The van der Waals surface area contributed by atoms with Gasteiger partial charge in [-0.15, -0.1) is 0 Å². The molecule has 29 heavy (non-hydrogen) atoms. The molecule has 0 bridgehead atoms. The van der Waals surface area contributed by atoms with E-state index in [4.69, 9.17) is 11.6 Å². The van der Waals surface area contributed by atoms with Crippen molar-refractivity contribution in [2.24, 2.45) is 0 Å². The van der Waals surface area contributed by atoms with E-state index in [2.05, 4.69) is 5.10 Å². The molecular formula is C22H24ClFN4O. The molecule has 0 saturated heterocycles. The first-order chi connectivity index (χ1) is 13.8. The fraction of sp³-hybridized carbons (Fsp3) is 0.273. The molecule has 0 unspecified atom stereocenters. The van der Waals surface area contributed by atoms with Crippen LogP contribution in [0.4, 0.5) is 10.1 Å². The number of aryl methyl sites for hydroxylation is 1. The first-order valence-electron chi connectivity index (χ1n) is 9.25. The molecule has 5 nitrogen and oxygen atoms in total. The molecule has 152 valence electrons. The Bertz CT molecular complexity index is 997. The van der Waals surface area contributed by atoms with Crippen LogP contribution in [-0.2, 0) is 13.1 Å². The van der Waals surface area contributed by atoms with Crippen LogP contribution >= 0.6 is 11.6 Å². The number of rotatable bonds is 6. The normalized spacial score (nSPS) is 10.8. The van der Waals surface area contributed by atoms with Gasteiger partial charge in [0.25, 0.3) is 5.91 Å². The molecule has 1 aromatic heterocycles. The predicted octanol–water partition coefficient (Wildman–Crippen LogP) is 4.37. The van der Waals surface area contributed by atoms with Crippen molar-refractivity contribution in [2.75, 3.05) is 26.0 Å². The second kappa shape index (κ2) is 8.66. The monoisotopic (exact) mass is 414 g/mol. The maximum Gasteiger partial charge on any atom is 0.258 e. The topological polar surface area (TPSA) is 41.4 Å². The van der Waals surface area contributed by atoms with Gasteiger partial charge in [-0.05, 0) is 42.3 Å². The van der Waals surface area contributed by atoms with E-state index in [1.807, 2.05) is 43.3 Å². The number of carbonyl (C=O) groups excluding carboxylic acids is 1. The van der Waals surface area contributed by atoms with Crippen molar-refractivity contribution in [3.8, 4) is 0 Å². The summed E-state index contributed by atoms with van der Waals surface area (Å²) < 4.78 is 14.7. The third-order valence-electron chi connectivity index (χ3n) is 4.74. The van der Waals surface area contributed by atoms with Crippen LogP contribution in [0.25, 0.3) is 0 Å². The van der Waals surface area contributed by atoms with Gasteiger partial charge in [0.05, 0.1) is 17.8 Å². The van der Waals surface area contributed by atoms with Crippen molar-refractivity contribution in [1.29, 1.82) is 0 Å². The second-order valence-electron chi connectivity index (χ2n) is 7.26. The summed E-state index contributed by atoms with van der Waals surface area (Å²) in [6, 6.07) is 14.2. The van der Waals surface area contributed by atoms with Gasteiger partial charge in [0.15, 0.2) is 0 Å². The quantitative estimate of drug-likeness (QED) is 0.601. The molecule has 1 amide bonds.